The fourth-order valence-electron chi connectivity index (χ4n) is 3.78. The van der Waals surface area contributed by atoms with Crippen molar-refractivity contribution in [1.82, 2.24) is 0 Å². The Morgan fingerprint density at radius 3 is 2.52 bits per heavy atom. The van der Waals surface area contributed by atoms with Gasteiger partial charge >= 0.3 is 0 Å². The molecule has 3 aromatic rings. The lowest BCUT2D eigenvalue weighted by Crippen LogP contribution is -2.35. The van der Waals surface area contributed by atoms with Crippen molar-refractivity contribution >= 4 is 27.3 Å². The van der Waals surface area contributed by atoms with Gasteiger partial charge in [-0.1, -0.05) is 23.8 Å². The molecule has 0 aliphatic carbocycles. The topological polar surface area (TPSA) is 66.5 Å². The van der Waals surface area contributed by atoms with E-state index in [4.69, 9.17) is 0 Å². The summed E-state index contributed by atoms with van der Waals surface area (Å²) in [4.78, 5) is 12.8. The second kappa shape index (κ2) is 8.15. The predicted octanol–water partition coefficient (Wildman–Crippen LogP) is 5.08. The Hall–Kier alpha value is -3.19. The Labute approximate surface area is 183 Å². The summed E-state index contributed by atoms with van der Waals surface area (Å²) >= 11 is 0. The van der Waals surface area contributed by atoms with E-state index < -0.39 is 15.8 Å². The van der Waals surface area contributed by atoms with E-state index in [0.717, 1.165) is 35.2 Å². The Morgan fingerprint density at radius 2 is 1.77 bits per heavy atom. The van der Waals surface area contributed by atoms with E-state index in [1.807, 2.05) is 38.1 Å². The molecule has 0 aromatic heterocycles. The van der Waals surface area contributed by atoms with E-state index in [2.05, 4.69) is 5.32 Å². The molecule has 1 aliphatic rings. The molecule has 7 heteroatoms. The van der Waals surface area contributed by atoms with Gasteiger partial charge in [-0.3, -0.25) is 9.10 Å². The molecule has 1 aliphatic heterocycles. The van der Waals surface area contributed by atoms with Gasteiger partial charge in [0, 0.05) is 19.2 Å². The van der Waals surface area contributed by atoms with Crippen LogP contribution in [-0.4, -0.2) is 20.9 Å². The maximum Gasteiger partial charge on any atom is 0.264 e. The normalized spacial score (nSPS) is 13.6. The van der Waals surface area contributed by atoms with Crippen molar-refractivity contribution in [3.05, 3.63) is 88.7 Å². The van der Waals surface area contributed by atoms with E-state index in [-0.39, 0.29) is 12.2 Å². The van der Waals surface area contributed by atoms with Gasteiger partial charge in [-0.15, -0.1) is 0 Å². The molecule has 31 heavy (non-hydrogen) atoms. The van der Waals surface area contributed by atoms with Crippen LogP contribution < -0.4 is 9.62 Å². The summed E-state index contributed by atoms with van der Waals surface area (Å²) in [7, 11) is -3.85. The lowest BCUT2D eigenvalue weighted by atomic mass is 10.0. The van der Waals surface area contributed by atoms with Crippen LogP contribution in [0.4, 0.5) is 15.8 Å². The van der Waals surface area contributed by atoms with Gasteiger partial charge in [-0.2, -0.15) is 0 Å². The van der Waals surface area contributed by atoms with E-state index in [1.54, 1.807) is 12.1 Å². The Bertz CT molecular complexity index is 1260. The highest BCUT2D eigenvalue weighted by molar-refractivity contribution is 7.92. The standard InChI is InChI=1S/C24H23FN2O3S.H2/c1-16-5-6-17(2)22(14-16)24(28)26-20-10-7-18-4-3-13-27(23(18)15-20)31(29,30)21-11-8-19(25)9-12-21;/h5-12,14-15H,3-4,13H2,1-2H3,(H,26,28);1H. The summed E-state index contributed by atoms with van der Waals surface area (Å²) in [5.41, 5.74) is 4.37. The molecule has 162 valence electrons. The van der Waals surface area contributed by atoms with E-state index in [1.165, 1.54) is 16.4 Å². The van der Waals surface area contributed by atoms with Gasteiger partial charge in [0.05, 0.1) is 10.6 Å². The molecular weight excluding hydrogens is 415 g/mol. The molecule has 0 fully saturated rings. The highest BCUT2D eigenvalue weighted by atomic mass is 32.2. The van der Waals surface area contributed by atoms with Crippen LogP contribution in [0.25, 0.3) is 0 Å². The van der Waals surface area contributed by atoms with Crippen molar-refractivity contribution in [3.8, 4) is 0 Å². The molecule has 0 radical (unpaired) electrons. The first-order valence-electron chi connectivity index (χ1n) is 10.1. The zero-order chi connectivity index (χ0) is 22.2. The van der Waals surface area contributed by atoms with Gasteiger partial charge in [0.2, 0.25) is 0 Å². The highest BCUT2D eigenvalue weighted by Gasteiger charge is 2.29. The molecule has 0 unspecified atom stereocenters. The Morgan fingerprint density at radius 1 is 1.03 bits per heavy atom. The summed E-state index contributed by atoms with van der Waals surface area (Å²) in [5, 5.41) is 2.89. The van der Waals surface area contributed by atoms with Crippen LogP contribution in [0.3, 0.4) is 0 Å². The number of sulfonamides is 1. The monoisotopic (exact) mass is 440 g/mol. The third kappa shape index (κ3) is 4.18. The second-order valence-corrected chi connectivity index (χ2v) is 9.61. The molecule has 0 atom stereocenters. The first kappa shape index (κ1) is 21.1. The predicted molar refractivity (Wildman–Crippen MR) is 122 cm³/mol. The maximum atomic E-state index is 13.3. The molecule has 3 aromatic carbocycles. The van der Waals surface area contributed by atoms with Gasteiger partial charge in [0.25, 0.3) is 15.9 Å². The number of anilines is 2. The van der Waals surface area contributed by atoms with Crippen molar-refractivity contribution < 1.29 is 19.0 Å². The number of rotatable bonds is 4. The van der Waals surface area contributed by atoms with Crippen LogP contribution in [-0.2, 0) is 16.4 Å². The number of fused-ring (bicyclic) bond motifs is 1. The maximum absolute atomic E-state index is 13.3. The number of carbonyl (C=O) groups is 1. The van der Waals surface area contributed by atoms with Crippen molar-refractivity contribution in [2.75, 3.05) is 16.2 Å². The average molecular weight is 441 g/mol. The van der Waals surface area contributed by atoms with Gasteiger partial charge in [-0.25, -0.2) is 12.8 Å². The first-order chi connectivity index (χ1) is 14.8. The van der Waals surface area contributed by atoms with E-state index >= 15 is 0 Å². The van der Waals surface area contributed by atoms with E-state index in [9.17, 15) is 17.6 Å². The van der Waals surface area contributed by atoms with Crippen LogP contribution in [0.1, 0.15) is 34.9 Å². The van der Waals surface area contributed by atoms with Crippen molar-refractivity contribution in [2.45, 2.75) is 31.6 Å². The molecule has 5 nitrogen and oxygen atoms in total. The molecule has 1 amide bonds. The molecule has 4 rings (SSSR count). The third-order valence-corrected chi connectivity index (χ3v) is 7.29. The van der Waals surface area contributed by atoms with Gasteiger partial charge < -0.3 is 5.32 Å². The van der Waals surface area contributed by atoms with Crippen molar-refractivity contribution in [2.24, 2.45) is 0 Å². The minimum atomic E-state index is -3.85. The first-order valence-corrected chi connectivity index (χ1v) is 11.5. The number of hydrogen-bond donors (Lipinski definition) is 1. The molecule has 0 saturated carbocycles. The number of hydrogen-bond acceptors (Lipinski definition) is 3. The zero-order valence-corrected chi connectivity index (χ0v) is 18.2. The SMILES string of the molecule is Cc1ccc(C)c(C(=O)Nc2ccc3c(c2)N(S(=O)(=O)c2ccc(F)cc2)CCC3)c1.[HH]. The van der Waals surface area contributed by atoms with Crippen LogP contribution >= 0.6 is 0 Å². The Balaban J connectivity index is 0.00000289. The van der Waals surface area contributed by atoms with E-state index in [0.29, 0.717) is 29.9 Å². The second-order valence-electron chi connectivity index (χ2n) is 7.75. The number of halogens is 1. The summed E-state index contributed by atoms with van der Waals surface area (Å²) in [5.74, 6) is -0.737. The smallest absolute Gasteiger partial charge is 0.264 e. The molecule has 0 saturated heterocycles. The Kier molecular flexibility index (Phi) is 5.54. The average Bonchev–Trinajstić information content (AvgIpc) is 2.75. The van der Waals surface area contributed by atoms with Gasteiger partial charge in [0.15, 0.2) is 0 Å². The zero-order valence-electron chi connectivity index (χ0n) is 17.4. The number of aryl methyl sites for hydroxylation is 3. The fraction of sp³-hybridized carbons (Fsp3) is 0.208. The van der Waals surface area contributed by atoms with Crippen LogP contribution in [0.5, 0.6) is 0 Å². The number of nitrogens with one attached hydrogen (secondary N) is 1. The molecular formula is C24H25FN2O3S. The summed E-state index contributed by atoms with van der Waals surface area (Å²) < 4.78 is 41.0. The number of carbonyl (C=O) groups excluding carboxylic acids is 1. The van der Waals surface area contributed by atoms with Crippen LogP contribution in [0.2, 0.25) is 0 Å². The number of amides is 1. The molecule has 1 heterocycles. The van der Waals surface area contributed by atoms with Gasteiger partial charge in [-0.05, 0) is 80.3 Å². The van der Waals surface area contributed by atoms with Crippen molar-refractivity contribution in [3.63, 3.8) is 0 Å². The summed E-state index contributed by atoms with van der Waals surface area (Å²) in [6, 6.07) is 15.8. The largest absolute Gasteiger partial charge is 0.322 e. The number of benzene rings is 3. The van der Waals surface area contributed by atoms with Crippen LogP contribution in [0, 0.1) is 19.7 Å². The lowest BCUT2D eigenvalue weighted by Gasteiger charge is -2.31. The molecule has 1 N–H and O–H groups in total. The minimum absolute atomic E-state index is 0. The summed E-state index contributed by atoms with van der Waals surface area (Å²) in [6.07, 6.45) is 1.43. The van der Waals surface area contributed by atoms with Crippen molar-refractivity contribution in [1.29, 1.82) is 0 Å². The number of nitrogens with zero attached hydrogens (tertiary/aromatic N) is 1. The summed E-state index contributed by atoms with van der Waals surface area (Å²) in [6.45, 7) is 4.12. The third-order valence-electron chi connectivity index (χ3n) is 5.46. The molecule has 0 spiro atoms. The van der Waals surface area contributed by atoms with Crippen LogP contribution in [0.15, 0.2) is 65.6 Å². The van der Waals surface area contributed by atoms with Gasteiger partial charge in [0.1, 0.15) is 5.82 Å². The lowest BCUT2D eigenvalue weighted by molar-refractivity contribution is 0.102. The minimum Gasteiger partial charge on any atom is -0.322 e. The highest BCUT2D eigenvalue weighted by Crippen LogP contribution is 2.34. The molecule has 0 bridgehead atoms. The quantitative estimate of drug-likeness (QED) is 0.615. The fourth-order valence-corrected chi connectivity index (χ4v) is 5.31.